The molecule has 2 N–H and O–H groups in total. The molecule has 3 atom stereocenters. The normalized spacial score (nSPS) is 19.0. The van der Waals surface area contributed by atoms with Gasteiger partial charge in [0.25, 0.3) is 0 Å². The molecule has 1 saturated carbocycles. The number of benzene rings is 2. The number of amides is 2. The van der Waals surface area contributed by atoms with Gasteiger partial charge in [0.1, 0.15) is 11.9 Å². The van der Waals surface area contributed by atoms with Crippen molar-refractivity contribution in [1.29, 1.82) is 0 Å². The molecule has 1 aliphatic carbocycles. The highest BCUT2D eigenvalue weighted by Gasteiger charge is 2.34. The summed E-state index contributed by atoms with van der Waals surface area (Å²) in [5, 5.41) is 4.80. The average molecular weight is 500 g/mol. The van der Waals surface area contributed by atoms with Crippen molar-refractivity contribution >= 4 is 45.9 Å². The largest absolute Gasteiger partial charge is 0.361 e. The van der Waals surface area contributed by atoms with Gasteiger partial charge in [0.05, 0.1) is 0 Å². The zero-order valence-corrected chi connectivity index (χ0v) is 20.9. The Hall–Kier alpha value is -2.50. The summed E-state index contributed by atoms with van der Waals surface area (Å²) in [5.41, 5.74) is 2.74. The molecular weight excluding hydrogens is 469 g/mol. The van der Waals surface area contributed by atoms with Gasteiger partial charge in [0.15, 0.2) is 0 Å². The van der Waals surface area contributed by atoms with Crippen molar-refractivity contribution in [3.63, 3.8) is 0 Å². The maximum Gasteiger partial charge on any atom is 0.247 e. The first-order valence-corrected chi connectivity index (χ1v) is 12.9. The van der Waals surface area contributed by atoms with E-state index in [2.05, 4.69) is 23.3 Å². The number of alkyl halides is 1. The summed E-state index contributed by atoms with van der Waals surface area (Å²) in [6, 6.07) is 14.5. The number of nitrogens with zero attached hydrogens (tertiary/aromatic N) is 1. The Labute approximate surface area is 210 Å². The van der Waals surface area contributed by atoms with Gasteiger partial charge in [-0.2, -0.15) is 0 Å². The molecule has 3 aromatic rings. The van der Waals surface area contributed by atoms with Crippen LogP contribution in [-0.4, -0.2) is 40.2 Å². The van der Waals surface area contributed by atoms with Gasteiger partial charge in [-0.15, -0.1) is 11.6 Å². The smallest absolute Gasteiger partial charge is 0.247 e. The van der Waals surface area contributed by atoms with E-state index in [-0.39, 0.29) is 23.7 Å². The molecule has 0 saturated heterocycles. The Balaban J connectivity index is 1.64. The van der Waals surface area contributed by atoms with E-state index in [1.807, 2.05) is 42.6 Å². The predicted octanol–water partition coefficient (Wildman–Crippen LogP) is 5.87. The molecule has 0 spiro atoms. The summed E-state index contributed by atoms with van der Waals surface area (Å²) in [7, 11) is 0. The fourth-order valence-corrected chi connectivity index (χ4v) is 5.39. The minimum atomic E-state index is -0.848. The number of H-pyrrole nitrogens is 1. The van der Waals surface area contributed by atoms with Gasteiger partial charge in [-0.3, -0.25) is 9.59 Å². The van der Waals surface area contributed by atoms with Crippen molar-refractivity contribution < 1.29 is 9.59 Å². The van der Waals surface area contributed by atoms with Crippen LogP contribution < -0.4 is 5.32 Å². The van der Waals surface area contributed by atoms with Crippen molar-refractivity contribution in [2.45, 2.75) is 51.1 Å². The van der Waals surface area contributed by atoms with E-state index < -0.39 is 6.04 Å². The molecular formula is C27H31Cl2N3O2. The quantitative estimate of drug-likeness (QED) is 0.380. The fourth-order valence-electron chi connectivity index (χ4n) is 4.99. The highest BCUT2D eigenvalue weighted by Crippen LogP contribution is 2.31. The zero-order valence-electron chi connectivity index (χ0n) is 19.4. The Kier molecular flexibility index (Phi) is 8.17. The second-order valence-electron chi connectivity index (χ2n) is 9.13. The predicted molar refractivity (Wildman–Crippen MR) is 138 cm³/mol. The van der Waals surface area contributed by atoms with Crippen LogP contribution in [0.5, 0.6) is 0 Å². The van der Waals surface area contributed by atoms with Crippen molar-refractivity contribution in [2.75, 3.05) is 12.4 Å². The highest BCUT2D eigenvalue weighted by atomic mass is 35.5. The van der Waals surface area contributed by atoms with E-state index >= 15 is 0 Å². The van der Waals surface area contributed by atoms with Crippen LogP contribution in [0.3, 0.4) is 0 Å². The summed E-state index contributed by atoms with van der Waals surface area (Å²) in [6.45, 7) is 2.52. The third-order valence-corrected chi connectivity index (χ3v) is 7.50. The third kappa shape index (κ3) is 5.42. The Morgan fingerprint density at radius 3 is 2.62 bits per heavy atom. The maximum atomic E-state index is 13.7. The van der Waals surface area contributed by atoms with Crippen molar-refractivity contribution in [2.24, 2.45) is 5.92 Å². The van der Waals surface area contributed by atoms with Gasteiger partial charge >= 0.3 is 0 Å². The van der Waals surface area contributed by atoms with Crippen LogP contribution in [-0.2, 0) is 16.0 Å². The molecule has 1 fully saturated rings. The number of carbonyl (C=O) groups is 2. The van der Waals surface area contributed by atoms with E-state index in [4.69, 9.17) is 23.2 Å². The number of nitrogens with one attached hydrogen (secondary N) is 2. The highest BCUT2D eigenvalue weighted by molar-refractivity contribution is 6.31. The molecule has 180 valence electrons. The van der Waals surface area contributed by atoms with Crippen LogP contribution in [0.15, 0.2) is 54.7 Å². The molecule has 0 unspecified atom stereocenters. The Bertz CT molecular complexity index is 1150. The SMILES string of the molecule is C[C@@H]1CCCC[C@@H]1NC(=O)[C@@H](c1ccccc1Cl)N(CCc1c[nH]c2ccccc12)C(=O)CCl. The summed E-state index contributed by atoms with van der Waals surface area (Å²) in [5.74, 6) is -0.308. The van der Waals surface area contributed by atoms with Crippen LogP contribution in [0.4, 0.5) is 0 Å². The van der Waals surface area contributed by atoms with E-state index in [0.717, 1.165) is 35.7 Å². The Morgan fingerprint density at radius 2 is 1.85 bits per heavy atom. The molecule has 1 heterocycles. The number of rotatable bonds is 8. The fraction of sp³-hybridized carbons (Fsp3) is 0.407. The van der Waals surface area contributed by atoms with Gasteiger partial charge in [0.2, 0.25) is 11.8 Å². The van der Waals surface area contributed by atoms with E-state index in [9.17, 15) is 9.59 Å². The first-order chi connectivity index (χ1) is 16.5. The van der Waals surface area contributed by atoms with Crippen LogP contribution in [0, 0.1) is 5.92 Å². The minimum Gasteiger partial charge on any atom is -0.361 e. The number of hydrogen-bond acceptors (Lipinski definition) is 2. The first kappa shape index (κ1) is 24.6. The average Bonchev–Trinajstić information content (AvgIpc) is 3.26. The van der Waals surface area contributed by atoms with Gasteiger partial charge < -0.3 is 15.2 Å². The summed E-state index contributed by atoms with van der Waals surface area (Å²) in [4.78, 5) is 31.7. The molecule has 2 amide bonds. The second kappa shape index (κ2) is 11.3. The molecule has 0 aliphatic heterocycles. The lowest BCUT2D eigenvalue weighted by molar-refractivity contribution is -0.139. The molecule has 34 heavy (non-hydrogen) atoms. The minimum absolute atomic E-state index is 0.0906. The zero-order chi connectivity index (χ0) is 24.1. The number of aromatic nitrogens is 1. The Morgan fingerprint density at radius 1 is 1.12 bits per heavy atom. The molecule has 2 aromatic carbocycles. The summed E-state index contributed by atoms with van der Waals surface area (Å²) < 4.78 is 0. The number of aromatic amines is 1. The molecule has 1 aromatic heterocycles. The van der Waals surface area contributed by atoms with Crippen LogP contribution in [0.2, 0.25) is 5.02 Å². The van der Waals surface area contributed by atoms with Crippen LogP contribution in [0.25, 0.3) is 10.9 Å². The third-order valence-electron chi connectivity index (χ3n) is 6.93. The second-order valence-corrected chi connectivity index (χ2v) is 9.81. The van der Waals surface area contributed by atoms with Crippen molar-refractivity contribution in [3.05, 3.63) is 70.9 Å². The summed E-state index contributed by atoms with van der Waals surface area (Å²) >= 11 is 12.6. The summed E-state index contributed by atoms with van der Waals surface area (Å²) in [6.07, 6.45) is 6.86. The number of fused-ring (bicyclic) bond motifs is 1. The molecule has 1 aliphatic rings. The first-order valence-electron chi connectivity index (χ1n) is 11.9. The van der Waals surface area contributed by atoms with Gasteiger partial charge in [0, 0.05) is 40.3 Å². The lowest BCUT2D eigenvalue weighted by Gasteiger charge is -2.35. The van der Waals surface area contributed by atoms with E-state index in [1.54, 1.807) is 11.0 Å². The van der Waals surface area contributed by atoms with E-state index in [0.29, 0.717) is 29.5 Å². The molecule has 0 radical (unpaired) electrons. The molecule has 4 rings (SSSR count). The van der Waals surface area contributed by atoms with Crippen LogP contribution in [0.1, 0.15) is 49.8 Å². The monoisotopic (exact) mass is 499 g/mol. The van der Waals surface area contributed by atoms with Gasteiger partial charge in [-0.05, 0) is 42.9 Å². The van der Waals surface area contributed by atoms with Crippen molar-refractivity contribution in [3.8, 4) is 0 Å². The number of hydrogen-bond donors (Lipinski definition) is 2. The maximum absolute atomic E-state index is 13.7. The molecule has 0 bridgehead atoms. The van der Waals surface area contributed by atoms with Crippen molar-refractivity contribution in [1.82, 2.24) is 15.2 Å². The van der Waals surface area contributed by atoms with E-state index in [1.165, 1.54) is 6.42 Å². The topological polar surface area (TPSA) is 65.2 Å². The number of carbonyl (C=O) groups excluding carboxylic acids is 2. The number of halogens is 2. The van der Waals surface area contributed by atoms with Gasteiger partial charge in [-0.1, -0.05) is 67.8 Å². The standard InChI is InChI=1S/C27H31Cl2N3O2/c1-18-8-2-6-12-23(18)31-27(34)26(21-10-3-5-11-22(21)29)32(25(33)16-28)15-14-19-17-30-24-13-7-4-9-20(19)24/h3-5,7,9-11,13,17-18,23,26,30H,2,6,8,12,14-16H2,1H3,(H,31,34)/t18-,23+,26-/m1/s1. The molecule has 5 nitrogen and oxygen atoms in total. The van der Waals surface area contributed by atoms with Crippen LogP contribution >= 0.6 is 23.2 Å². The van der Waals surface area contributed by atoms with Gasteiger partial charge in [-0.25, -0.2) is 0 Å². The molecule has 7 heteroatoms. The number of para-hydroxylation sites is 1. The lowest BCUT2D eigenvalue weighted by atomic mass is 9.85. The lowest BCUT2D eigenvalue weighted by Crippen LogP contribution is -2.49.